The standard InChI is InChI=1S/C18H22Cl2N2O2S/c1-18(2,3)21-11-13-4-7-15(8-5-13)25(23,24)22-12-14-6-9-16(19)17(20)10-14/h4-10,21-22H,11-12H2,1-3H3. The highest BCUT2D eigenvalue weighted by Gasteiger charge is 2.14. The predicted molar refractivity (Wildman–Crippen MR) is 104 cm³/mol. The van der Waals surface area contributed by atoms with Gasteiger partial charge in [0, 0.05) is 18.6 Å². The summed E-state index contributed by atoms with van der Waals surface area (Å²) in [6, 6.07) is 11.9. The Morgan fingerprint density at radius 2 is 1.48 bits per heavy atom. The van der Waals surface area contributed by atoms with Crippen molar-refractivity contribution in [2.45, 2.75) is 44.3 Å². The summed E-state index contributed by atoms with van der Waals surface area (Å²) in [5.41, 5.74) is 1.77. The van der Waals surface area contributed by atoms with Crippen molar-refractivity contribution >= 4 is 33.2 Å². The number of hydrogen-bond donors (Lipinski definition) is 2. The first-order chi connectivity index (χ1) is 11.6. The molecule has 0 bridgehead atoms. The molecule has 2 rings (SSSR count). The third-order valence-corrected chi connectivity index (χ3v) is 5.66. The summed E-state index contributed by atoms with van der Waals surface area (Å²) in [6.45, 7) is 7.07. The van der Waals surface area contributed by atoms with E-state index in [-0.39, 0.29) is 17.0 Å². The first kappa shape index (κ1) is 20.2. The summed E-state index contributed by atoms with van der Waals surface area (Å²) in [4.78, 5) is 0.229. The van der Waals surface area contributed by atoms with E-state index in [1.807, 2.05) is 12.1 Å². The minimum Gasteiger partial charge on any atom is -0.308 e. The molecule has 136 valence electrons. The van der Waals surface area contributed by atoms with Gasteiger partial charge in [0.1, 0.15) is 0 Å². The summed E-state index contributed by atoms with van der Waals surface area (Å²) in [5, 5.41) is 4.20. The molecular formula is C18H22Cl2N2O2S. The fourth-order valence-corrected chi connectivity index (χ4v) is 3.40. The molecule has 2 aromatic rings. The van der Waals surface area contributed by atoms with Gasteiger partial charge < -0.3 is 5.32 Å². The van der Waals surface area contributed by atoms with Crippen LogP contribution in [0.5, 0.6) is 0 Å². The Hall–Kier alpha value is -1.11. The number of halogens is 2. The fraction of sp³-hybridized carbons (Fsp3) is 0.333. The van der Waals surface area contributed by atoms with E-state index in [9.17, 15) is 8.42 Å². The molecule has 0 heterocycles. The van der Waals surface area contributed by atoms with Crippen molar-refractivity contribution in [2.75, 3.05) is 0 Å². The summed E-state index contributed by atoms with van der Waals surface area (Å²) >= 11 is 11.8. The molecule has 0 unspecified atom stereocenters. The molecule has 2 N–H and O–H groups in total. The zero-order chi connectivity index (χ0) is 18.7. The Morgan fingerprint density at radius 1 is 0.880 bits per heavy atom. The number of hydrogen-bond acceptors (Lipinski definition) is 3. The van der Waals surface area contributed by atoms with Gasteiger partial charge in [-0.15, -0.1) is 0 Å². The van der Waals surface area contributed by atoms with E-state index < -0.39 is 10.0 Å². The van der Waals surface area contributed by atoms with E-state index in [0.29, 0.717) is 16.6 Å². The summed E-state index contributed by atoms with van der Waals surface area (Å²) < 4.78 is 27.4. The zero-order valence-corrected chi connectivity index (χ0v) is 16.8. The molecule has 0 amide bonds. The smallest absolute Gasteiger partial charge is 0.240 e. The normalized spacial score (nSPS) is 12.4. The number of benzene rings is 2. The molecular weight excluding hydrogens is 379 g/mol. The average Bonchev–Trinajstić information content (AvgIpc) is 2.54. The highest BCUT2D eigenvalue weighted by Crippen LogP contribution is 2.22. The van der Waals surface area contributed by atoms with E-state index in [2.05, 4.69) is 30.8 Å². The largest absolute Gasteiger partial charge is 0.308 e. The quantitative estimate of drug-likeness (QED) is 0.756. The van der Waals surface area contributed by atoms with E-state index in [1.165, 1.54) is 0 Å². The highest BCUT2D eigenvalue weighted by molar-refractivity contribution is 7.89. The Kier molecular flexibility index (Phi) is 6.51. The van der Waals surface area contributed by atoms with Crippen LogP contribution in [0.4, 0.5) is 0 Å². The summed E-state index contributed by atoms with van der Waals surface area (Å²) in [5.74, 6) is 0. The van der Waals surface area contributed by atoms with E-state index in [0.717, 1.165) is 11.1 Å². The molecule has 0 aromatic heterocycles. The van der Waals surface area contributed by atoms with Gasteiger partial charge in [0.15, 0.2) is 0 Å². The van der Waals surface area contributed by atoms with Crippen LogP contribution >= 0.6 is 23.2 Å². The van der Waals surface area contributed by atoms with Crippen LogP contribution in [-0.4, -0.2) is 14.0 Å². The maximum atomic E-state index is 12.4. The second-order valence-electron chi connectivity index (χ2n) is 6.82. The van der Waals surface area contributed by atoms with E-state index >= 15 is 0 Å². The first-order valence-corrected chi connectivity index (χ1v) is 10.1. The highest BCUT2D eigenvalue weighted by atomic mass is 35.5. The van der Waals surface area contributed by atoms with Gasteiger partial charge in [0.2, 0.25) is 10.0 Å². The predicted octanol–water partition coefficient (Wildman–Crippen LogP) is 4.36. The topological polar surface area (TPSA) is 58.2 Å². The molecule has 7 heteroatoms. The Balaban J connectivity index is 2.02. The van der Waals surface area contributed by atoms with Gasteiger partial charge in [-0.1, -0.05) is 41.4 Å². The third-order valence-electron chi connectivity index (χ3n) is 3.51. The zero-order valence-electron chi connectivity index (χ0n) is 14.4. The Bertz CT molecular complexity index is 829. The molecule has 0 spiro atoms. The second-order valence-corrected chi connectivity index (χ2v) is 9.40. The lowest BCUT2D eigenvalue weighted by Gasteiger charge is -2.20. The van der Waals surface area contributed by atoms with Gasteiger partial charge in [-0.25, -0.2) is 13.1 Å². The molecule has 0 fully saturated rings. The lowest BCUT2D eigenvalue weighted by Crippen LogP contribution is -2.35. The molecule has 0 aliphatic heterocycles. The molecule has 0 aliphatic rings. The van der Waals surface area contributed by atoms with Crippen LogP contribution in [0.15, 0.2) is 47.4 Å². The van der Waals surface area contributed by atoms with Gasteiger partial charge in [0.05, 0.1) is 14.9 Å². The second kappa shape index (κ2) is 8.06. The monoisotopic (exact) mass is 400 g/mol. The van der Waals surface area contributed by atoms with Crippen LogP contribution in [0.25, 0.3) is 0 Å². The van der Waals surface area contributed by atoms with Crippen molar-refractivity contribution in [1.82, 2.24) is 10.0 Å². The lowest BCUT2D eigenvalue weighted by atomic mass is 10.1. The van der Waals surface area contributed by atoms with Crippen LogP contribution < -0.4 is 10.0 Å². The van der Waals surface area contributed by atoms with Crippen LogP contribution in [-0.2, 0) is 23.1 Å². The minimum atomic E-state index is -3.59. The van der Waals surface area contributed by atoms with Gasteiger partial charge in [-0.3, -0.25) is 0 Å². The van der Waals surface area contributed by atoms with Crippen LogP contribution in [0, 0.1) is 0 Å². The summed E-state index contributed by atoms with van der Waals surface area (Å²) in [7, 11) is -3.59. The van der Waals surface area contributed by atoms with E-state index in [1.54, 1.807) is 30.3 Å². The van der Waals surface area contributed by atoms with Gasteiger partial charge in [-0.05, 0) is 56.2 Å². The van der Waals surface area contributed by atoms with Crippen molar-refractivity contribution in [2.24, 2.45) is 0 Å². The third kappa shape index (κ3) is 6.28. The molecule has 0 saturated carbocycles. The average molecular weight is 401 g/mol. The molecule has 0 aliphatic carbocycles. The van der Waals surface area contributed by atoms with Crippen molar-refractivity contribution in [3.8, 4) is 0 Å². The Labute approximate surface area is 159 Å². The molecule has 0 saturated heterocycles. The number of sulfonamides is 1. The Morgan fingerprint density at radius 3 is 2.04 bits per heavy atom. The maximum Gasteiger partial charge on any atom is 0.240 e. The minimum absolute atomic E-state index is 0.00611. The van der Waals surface area contributed by atoms with Crippen LogP contribution in [0.2, 0.25) is 10.0 Å². The first-order valence-electron chi connectivity index (χ1n) is 7.84. The van der Waals surface area contributed by atoms with Gasteiger partial charge in [0.25, 0.3) is 0 Å². The van der Waals surface area contributed by atoms with Crippen LogP contribution in [0.3, 0.4) is 0 Å². The molecule has 2 aromatic carbocycles. The number of rotatable bonds is 6. The van der Waals surface area contributed by atoms with E-state index in [4.69, 9.17) is 23.2 Å². The van der Waals surface area contributed by atoms with Gasteiger partial charge in [-0.2, -0.15) is 0 Å². The van der Waals surface area contributed by atoms with Crippen molar-refractivity contribution in [3.05, 3.63) is 63.6 Å². The molecule has 0 atom stereocenters. The van der Waals surface area contributed by atoms with Crippen LogP contribution in [0.1, 0.15) is 31.9 Å². The fourth-order valence-electron chi connectivity index (χ4n) is 2.06. The molecule has 0 radical (unpaired) electrons. The van der Waals surface area contributed by atoms with Crippen molar-refractivity contribution in [1.29, 1.82) is 0 Å². The molecule has 25 heavy (non-hydrogen) atoms. The number of nitrogens with one attached hydrogen (secondary N) is 2. The maximum absolute atomic E-state index is 12.4. The SMILES string of the molecule is CC(C)(C)NCc1ccc(S(=O)(=O)NCc2ccc(Cl)c(Cl)c2)cc1. The lowest BCUT2D eigenvalue weighted by molar-refractivity contribution is 0.424. The molecule has 4 nitrogen and oxygen atoms in total. The van der Waals surface area contributed by atoms with Gasteiger partial charge >= 0.3 is 0 Å². The summed E-state index contributed by atoms with van der Waals surface area (Å²) in [6.07, 6.45) is 0. The van der Waals surface area contributed by atoms with Crippen molar-refractivity contribution < 1.29 is 8.42 Å². The van der Waals surface area contributed by atoms with Crippen molar-refractivity contribution in [3.63, 3.8) is 0 Å².